The first kappa shape index (κ1) is 19.8. The van der Waals surface area contributed by atoms with E-state index in [2.05, 4.69) is 20.6 Å². The number of nitro benzene ring substituents is 2. The fraction of sp³-hybridized carbons (Fsp3) is 0.111. The van der Waals surface area contributed by atoms with Crippen molar-refractivity contribution >= 4 is 11.4 Å². The molecule has 0 unspecified atom stereocenters. The molecule has 0 saturated heterocycles. The maximum absolute atomic E-state index is 10.9. The fourth-order valence-corrected chi connectivity index (χ4v) is 2.74. The van der Waals surface area contributed by atoms with Gasteiger partial charge in [-0.3, -0.25) is 20.2 Å². The molecule has 2 heterocycles. The van der Waals surface area contributed by atoms with Crippen LogP contribution < -0.4 is 0 Å². The van der Waals surface area contributed by atoms with E-state index in [-0.39, 0.29) is 24.6 Å². The summed E-state index contributed by atoms with van der Waals surface area (Å²) in [4.78, 5) is 20.8. The molecule has 4 rings (SSSR count). The molecule has 13 heteroatoms. The maximum atomic E-state index is 10.9. The Morgan fingerprint density at radius 2 is 1.23 bits per heavy atom. The van der Waals surface area contributed by atoms with Gasteiger partial charge in [-0.2, -0.15) is 0 Å². The predicted octanol–water partition coefficient (Wildman–Crippen LogP) is 2.38. The summed E-state index contributed by atoms with van der Waals surface area (Å²) in [5.41, 5.74) is 1.98. The van der Waals surface area contributed by atoms with Gasteiger partial charge in [0.05, 0.1) is 46.8 Å². The maximum Gasteiger partial charge on any atom is 0.271 e. The number of hydrogen-bond acceptors (Lipinski definition) is 9. The number of ether oxygens (including phenoxy) is 1. The number of rotatable bonds is 8. The Balaban J connectivity index is 1.37. The van der Waals surface area contributed by atoms with Crippen LogP contribution in [0.1, 0.15) is 11.4 Å². The molecule has 0 aliphatic carbocycles. The zero-order valence-electron chi connectivity index (χ0n) is 15.8. The van der Waals surface area contributed by atoms with Gasteiger partial charge >= 0.3 is 0 Å². The molecule has 31 heavy (non-hydrogen) atoms. The van der Waals surface area contributed by atoms with E-state index in [0.29, 0.717) is 22.8 Å². The van der Waals surface area contributed by atoms with E-state index in [1.165, 1.54) is 33.6 Å². The van der Waals surface area contributed by atoms with Crippen molar-refractivity contribution in [3.63, 3.8) is 0 Å². The van der Waals surface area contributed by atoms with Gasteiger partial charge in [0.15, 0.2) is 0 Å². The minimum Gasteiger partial charge on any atom is -0.369 e. The third kappa shape index (κ3) is 4.56. The Kier molecular flexibility index (Phi) is 5.40. The highest BCUT2D eigenvalue weighted by Gasteiger charge is 2.11. The molecule has 0 N–H and O–H groups in total. The Labute approximate surface area is 173 Å². The van der Waals surface area contributed by atoms with Crippen molar-refractivity contribution in [1.29, 1.82) is 0 Å². The quantitative estimate of drug-likeness (QED) is 0.307. The van der Waals surface area contributed by atoms with Crippen molar-refractivity contribution in [2.24, 2.45) is 0 Å². The van der Waals surface area contributed by atoms with E-state index in [4.69, 9.17) is 4.74 Å². The zero-order chi connectivity index (χ0) is 21.8. The Morgan fingerprint density at radius 3 is 1.65 bits per heavy atom. The molecule has 0 aliphatic heterocycles. The summed E-state index contributed by atoms with van der Waals surface area (Å²) in [5, 5.41) is 37.7. The van der Waals surface area contributed by atoms with E-state index >= 15 is 0 Å². The number of nitro groups is 2. The van der Waals surface area contributed by atoms with Gasteiger partial charge in [-0.15, -0.1) is 10.2 Å². The van der Waals surface area contributed by atoms with Crippen LogP contribution in [0.25, 0.3) is 11.4 Å². The summed E-state index contributed by atoms with van der Waals surface area (Å²) in [7, 11) is 0. The number of benzene rings is 2. The van der Waals surface area contributed by atoms with Crippen molar-refractivity contribution in [2.75, 3.05) is 0 Å². The minimum atomic E-state index is -0.481. The van der Waals surface area contributed by atoms with Gasteiger partial charge in [-0.05, 0) is 12.1 Å². The third-order valence-electron chi connectivity index (χ3n) is 4.19. The van der Waals surface area contributed by atoms with Gasteiger partial charge in [0.25, 0.3) is 11.4 Å². The van der Waals surface area contributed by atoms with Crippen LogP contribution in [0.3, 0.4) is 0 Å². The van der Waals surface area contributed by atoms with Crippen LogP contribution in [0.4, 0.5) is 11.4 Å². The normalized spacial score (nSPS) is 10.8. The molecule has 0 saturated carbocycles. The molecule has 0 radical (unpaired) electrons. The number of aromatic nitrogens is 6. The Bertz CT molecular complexity index is 1160. The summed E-state index contributed by atoms with van der Waals surface area (Å²) in [6, 6.07) is 12.1. The molecule has 0 amide bonds. The van der Waals surface area contributed by atoms with Gasteiger partial charge in [-0.25, -0.2) is 9.36 Å². The van der Waals surface area contributed by atoms with Crippen molar-refractivity contribution < 1.29 is 14.6 Å². The summed E-state index contributed by atoms with van der Waals surface area (Å²) in [6.07, 6.45) is 3.22. The molecule has 0 fully saturated rings. The second-order valence-corrected chi connectivity index (χ2v) is 6.36. The van der Waals surface area contributed by atoms with Crippen molar-refractivity contribution in [2.45, 2.75) is 13.2 Å². The second-order valence-electron chi connectivity index (χ2n) is 6.36. The average molecular weight is 422 g/mol. The van der Waals surface area contributed by atoms with Gasteiger partial charge in [0.2, 0.25) is 0 Å². The molecular weight excluding hydrogens is 408 g/mol. The van der Waals surface area contributed by atoms with E-state index in [1.807, 2.05) is 0 Å². The number of nitrogens with zero attached hydrogens (tertiary/aromatic N) is 8. The fourth-order valence-electron chi connectivity index (χ4n) is 2.74. The van der Waals surface area contributed by atoms with Crippen molar-refractivity contribution in [3.8, 4) is 11.4 Å². The summed E-state index contributed by atoms with van der Waals surface area (Å²) < 4.78 is 8.42. The van der Waals surface area contributed by atoms with Crippen LogP contribution in [0.2, 0.25) is 0 Å². The van der Waals surface area contributed by atoms with E-state index in [1.54, 1.807) is 36.7 Å². The molecule has 0 spiro atoms. The molecule has 0 atom stereocenters. The lowest BCUT2D eigenvalue weighted by atomic mass is 10.3. The molecule has 13 nitrogen and oxygen atoms in total. The highest BCUT2D eigenvalue weighted by molar-refractivity contribution is 5.43. The Morgan fingerprint density at radius 1 is 0.774 bits per heavy atom. The molecule has 2 aromatic heterocycles. The lowest BCUT2D eigenvalue weighted by Crippen LogP contribution is -1.97. The molecule has 2 aromatic carbocycles. The highest BCUT2D eigenvalue weighted by Crippen LogP contribution is 2.17. The van der Waals surface area contributed by atoms with Crippen LogP contribution in [0.5, 0.6) is 0 Å². The number of hydrogen-bond donors (Lipinski definition) is 0. The summed E-state index contributed by atoms with van der Waals surface area (Å²) in [6.45, 7) is 0.275. The largest absolute Gasteiger partial charge is 0.369 e. The first-order valence-electron chi connectivity index (χ1n) is 8.89. The molecular formula is C18H14N8O5. The van der Waals surface area contributed by atoms with Gasteiger partial charge in [-0.1, -0.05) is 22.6 Å². The molecule has 4 aromatic rings. The standard InChI is InChI=1S/C18H14N8O5/c27-25(28)17-5-1-3-15(7-17)23-9-13(19-21-23)11-31-12-14-10-24(22-20-14)16-4-2-6-18(8-16)26(29)30/h1-10H,11-12H2. The van der Waals surface area contributed by atoms with Gasteiger partial charge in [0.1, 0.15) is 11.4 Å². The highest BCUT2D eigenvalue weighted by atomic mass is 16.6. The molecule has 0 aliphatic rings. The predicted molar refractivity (Wildman–Crippen MR) is 105 cm³/mol. The first-order chi connectivity index (χ1) is 15.0. The zero-order valence-corrected chi connectivity index (χ0v) is 15.8. The van der Waals surface area contributed by atoms with Crippen molar-refractivity contribution in [1.82, 2.24) is 30.0 Å². The van der Waals surface area contributed by atoms with Crippen LogP contribution in [-0.4, -0.2) is 39.8 Å². The average Bonchev–Trinajstić information content (AvgIpc) is 3.44. The van der Waals surface area contributed by atoms with Crippen LogP contribution in [0, 0.1) is 20.2 Å². The van der Waals surface area contributed by atoms with E-state index in [9.17, 15) is 20.2 Å². The SMILES string of the molecule is O=[N+]([O-])c1cccc(-n2cc(COCc3cn(-c4cccc([N+](=O)[O-])c4)nn3)nn2)c1. The van der Waals surface area contributed by atoms with Gasteiger partial charge < -0.3 is 4.74 Å². The number of non-ortho nitro benzene ring substituents is 2. The van der Waals surface area contributed by atoms with Crippen molar-refractivity contribution in [3.05, 3.63) is 92.5 Å². The first-order valence-corrected chi connectivity index (χ1v) is 8.89. The van der Waals surface area contributed by atoms with Crippen LogP contribution >= 0.6 is 0 Å². The lowest BCUT2D eigenvalue weighted by molar-refractivity contribution is -0.385. The van der Waals surface area contributed by atoms with Gasteiger partial charge in [0, 0.05) is 24.3 Å². The van der Waals surface area contributed by atoms with E-state index < -0.39 is 9.85 Å². The second kappa shape index (κ2) is 8.46. The smallest absolute Gasteiger partial charge is 0.271 e. The third-order valence-corrected chi connectivity index (χ3v) is 4.19. The monoisotopic (exact) mass is 422 g/mol. The lowest BCUT2D eigenvalue weighted by Gasteiger charge is -2.00. The van der Waals surface area contributed by atoms with E-state index in [0.717, 1.165) is 0 Å². The molecule has 156 valence electrons. The Hall–Kier alpha value is -4.52. The topological polar surface area (TPSA) is 157 Å². The van der Waals surface area contributed by atoms with Crippen LogP contribution in [-0.2, 0) is 18.0 Å². The van der Waals surface area contributed by atoms with Crippen LogP contribution in [0.15, 0.2) is 60.9 Å². The minimum absolute atomic E-state index is 0.0439. The summed E-state index contributed by atoms with van der Waals surface area (Å²) in [5.74, 6) is 0. The molecule has 0 bridgehead atoms. The summed E-state index contributed by atoms with van der Waals surface area (Å²) >= 11 is 0.